The van der Waals surface area contributed by atoms with Gasteiger partial charge in [0.2, 0.25) is 0 Å². The number of Topliss-reactive ketones (excluding diaryl/α,β-unsaturated/α-hetero) is 1. The van der Waals surface area contributed by atoms with Crippen LogP contribution in [0.2, 0.25) is 5.02 Å². The topological polar surface area (TPSA) is 29.5 Å². The van der Waals surface area contributed by atoms with Gasteiger partial charge < -0.3 is 9.64 Å². The highest BCUT2D eigenvalue weighted by molar-refractivity contribution is 6.31. The van der Waals surface area contributed by atoms with E-state index >= 15 is 0 Å². The van der Waals surface area contributed by atoms with Crippen molar-refractivity contribution in [3.05, 3.63) is 41.1 Å². The van der Waals surface area contributed by atoms with Gasteiger partial charge in [-0.3, -0.25) is 4.79 Å². The summed E-state index contributed by atoms with van der Waals surface area (Å²) in [4.78, 5) is 14.6. The molecule has 0 aliphatic carbocycles. The van der Waals surface area contributed by atoms with Crippen molar-refractivity contribution in [2.75, 3.05) is 19.7 Å². The molecule has 116 valence electrons. The number of benzene rings is 1. The number of hydrogen-bond donors (Lipinski definition) is 0. The third-order valence-corrected chi connectivity index (χ3v) is 3.75. The van der Waals surface area contributed by atoms with Crippen molar-refractivity contribution >= 4 is 23.0 Å². The number of ketones is 1. The van der Waals surface area contributed by atoms with Crippen molar-refractivity contribution < 1.29 is 9.53 Å². The Hall–Kier alpha value is -1.76. The zero-order valence-electron chi connectivity index (χ0n) is 12.7. The zero-order chi connectivity index (χ0) is 15.9. The van der Waals surface area contributed by atoms with E-state index in [2.05, 4.69) is 12.8 Å². The van der Waals surface area contributed by atoms with Gasteiger partial charge in [0.15, 0.2) is 5.78 Å². The van der Waals surface area contributed by atoms with Crippen LogP contribution in [0, 0.1) is 12.3 Å². The van der Waals surface area contributed by atoms with Crippen LogP contribution in [0.5, 0.6) is 0 Å². The van der Waals surface area contributed by atoms with Crippen molar-refractivity contribution in [1.82, 2.24) is 4.90 Å². The molecule has 22 heavy (non-hydrogen) atoms. The number of halogens is 1. The van der Waals surface area contributed by atoms with E-state index in [1.54, 1.807) is 12.1 Å². The molecule has 0 radical (unpaired) electrons. The lowest BCUT2D eigenvalue weighted by molar-refractivity contribution is -0.126. The van der Waals surface area contributed by atoms with Crippen LogP contribution in [-0.4, -0.2) is 36.5 Å². The lowest BCUT2D eigenvalue weighted by Crippen LogP contribution is -2.41. The molecule has 0 saturated heterocycles. The van der Waals surface area contributed by atoms with Gasteiger partial charge in [-0.15, -0.1) is 6.42 Å². The highest BCUT2D eigenvalue weighted by Crippen LogP contribution is 2.25. The Morgan fingerprint density at radius 2 is 2.32 bits per heavy atom. The molecule has 1 aliphatic rings. The van der Waals surface area contributed by atoms with Crippen molar-refractivity contribution in [3.63, 3.8) is 0 Å². The van der Waals surface area contributed by atoms with Gasteiger partial charge in [-0.1, -0.05) is 43.0 Å². The van der Waals surface area contributed by atoms with Crippen molar-refractivity contribution in [3.8, 4) is 12.3 Å². The summed E-state index contributed by atoms with van der Waals surface area (Å²) in [5.41, 5.74) is 1.40. The van der Waals surface area contributed by atoms with Crippen LogP contribution in [0.1, 0.15) is 25.3 Å². The Morgan fingerprint density at radius 1 is 1.50 bits per heavy atom. The fourth-order valence-electron chi connectivity index (χ4n) is 2.37. The molecule has 4 heteroatoms. The summed E-state index contributed by atoms with van der Waals surface area (Å²) in [7, 11) is 0. The molecule has 0 saturated carbocycles. The Labute approximate surface area is 136 Å². The van der Waals surface area contributed by atoms with Gasteiger partial charge in [0, 0.05) is 23.4 Å². The second-order valence-electron chi connectivity index (χ2n) is 5.26. The molecule has 1 aromatic rings. The molecular weight excluding hydrogens is 298 g/mol. The summed E-state index contributed by atoms with van der Waals surface area (Å²) in [5, 5.41) is 0.601. The molecule has 0 aromatic heterocycles. The van der Waals surface area contributed by atoms with Crippen LogP contribution in [0.25, 0.3) is 5.57 Å². The fraction of sp³-hybridized carbons (Fsp3) is 0.389. The quantitative estimate of drug-likeness (QED) is 0.595. The van der Waals surface area contributed by atoms with E-state index in [0.29, 0.717) is 30.3 Å². The Bertz CT molecular complexity index is 603. The van der Waals surface area contributed by atoms with Gasteiger partial charge >= 0.3 is 0 Å². The summed E-state index contributed by atoms with van der Waals surface area (Å²) in [6.45, 7) is 3.62. The summed E-state index contributed by atoms with van der Waals surface area (Å²) in [5.74, 6) is 2.60. The molecular formula is C18H20ClNO2. The number of hydrogen-bond acceptors (Lipinski definition) is 3. The summed E-state index contributed by atoms with van der Waals surface area (Å²) in [6.07, 6.45) is 8.71. The molecule has 1 aliphatic heterocycles. The van der Waals surface area contributed by atoms with Gasteiger partial charge in [0.1, 0.15) is 6.10 Å². The molecule has 0 spiro atoms. The Kier molecular flexibility index (Phi) is 6.06. The highest BCUT2D eigenvalue weighted by atomic mass is 35.5. The first-order chi connectivity index (χ1) is 10.7. The van der Waals surface area contributed by atoms with E-state index in [9.17, 15) is 4.79 Å². The van der Waals surface area contributed by atoms with Crippen molar-refractivity contribution in [1.29, 1.82) is 0 Å². The summed E-state index contributed by atoms with van der Waals surface area (Å²) in [6, 6.07) is 7.28. The fourth-order valence-corrected chi connectivity index (χ4v) is 2.56. The minimum atomic E-state index is -0.473. The van der Waals surface area contributed by atoms with Crippen LogP contribution in [0.3, 0.4) is 0 Å². The molecule has 0 amide bonds. The molecule has 1 atom stereocenters. The van der Waals surface area contributed by atoms with E-state index in [0.717, 1.165) is 18.4 Å². The second kappa shape index (κ2) is 8.03. The number of rotatable bonds is 6. The molecule has 0 fully saturated rings. The maximum atomic E-state index is 12.7. The van der Waals surface area contributed by atoms with Crippen molar-refractivity contribution in [2.24, 2.45) is 0 Å². The minimum absolute atomic E-state index is 0.00774. The largest absolute Gasteiger partial charge is 0.368 e. The van der Waals surface area contributed by atoms with E-state index in [1.807, 2.05) is 23.2 Å². The Balaban J connectivity index is 2.25. The summed E-state index contributed by atoms with van der Waals surface area (Å²) >= 11 is 6.03. The average molecular weight is 318 g/mol. The number of carbonyl (C=O) groups is 1. The predicted octanol–water partition coefficient (Wildman–Crippen LogP) is 3.38. The third kappa shape index (κ3) is 4.13. The van der Waals surface area contributed by atoms with Crippen LogP contribution in [-0.2, 0) is 9.53 Å². The average Bonchev–Trinajstić information content (AvgIpc) is 2.50. The second-order valence-corrected chi connectivity index (χ2v) is 5.70. The lowest BCUT2D eigenvalue weighted by Gasteiger charge is -2.30. The lowest BCUT2D eigenvalue weighted by atomic mass is 9.96. The van der Waals surface area contributed by atoms with Crippen LogP contribution < -0.4 is 0 Å². The van der Waals surface area contributed by atoms with Gasteiger partial charge in [-0.25, -0.2) is 0 Å². The Morgan fingerprint density at radius 3 is 3.00 bits per heavy atom. The number of unbranched alkanes of at least 4 members (excludes halogenated alkanes) is 1. The van der Waals surface area contributed by atoms with Crippen LogP contribution in [0.4, 0.5) is 0 Å². The minimum Gasteiger partial charge on any atom is -0.368 e. The summed E-state index contributed by atoms with van der Waals surface area (Å²) < 4.78 is 5.76. The first-order valence-corrected chi connectivity index (χ1v) is 7.84. The number of ether oxygens (including phenoxy) is 1. The van der Waals surface area contributed by atoms with E-state index < -0.39 is 6.10 Å². The van der Waals surface area contributed by atoms with Gasteiger partial charge in [-0.05, 0) is 24.1 Å². The standard InChI is InChI=1S/C18H20ClNO2/c1-3-5-10-22-17-13-20(9-4-2)12-16(18(17)21)14-7-6-8-15(19)11-14/h2,6-8,11-12,17H,3,5,9-10,13H2,1H3. The van der Waals surface area contributed by atoms with Gasteiger partial charge in [0.25, 0.3) is 0 Å². The number of terminal acetylenes is 1. The maximum absolute atomic E-state index is 12.7. The normalized spacial score (nSPS) is 18.0. The third-order valence-electron chi connectivity index (χ3n) is 3.52. The molecule has 2 rings (SSSR count). The molecule has 1 heterocycles. The smallest absolute Gasteiger partial charge is 0.195 e. The molecule has 1 aromatic carbocycles. The first-order valence-electron chi connectivity index (χ1n) is 7.46. The van der Waals surface area contributed by atoms with E-state index in [4.69, 9.17) is 22.8 Å². The zero-order valence-corrected chi connectivity index (χ0v) is 13.5. The highest BCUT2D eigenvalue weighted by Gasteiger charge is 2.30. The first kappa shape index (κ1) is 16.6. The van der Waals surface area contributed by atoms with E-state index in [1.165, 1.54) is 0 Å². The van der Waals surface area contributed by atoms with Crippen LogP contribution >= 0.6 is 11.6 Å². The monoisotopic (exact) mass is 317 g/mol. The van der Waals surface area contributed by atoms with Crippen molar-refractivity contribution in [2.45, 2.75) is 25.9 Å². The molecule has 1 unspecified atom stereocenters. The SMILES string of the molecule is C#CCN1C=C(c2cccc(Cl)c2)C(=O)C(OCCCC)C1. The predicted molar refractivity (Wildman–Crippen MR) is 89.5 cm³/mol. The van der Waals surface area contributed by atoms with E-state index in [-0.39, 0.29) is 5.78 Å². The molecule has 0 N–H and O–H groups in total. The molecule has 3 nitrogen and oxygen atoms in total. The van der Waals surface area contributed by atoms with Gasteiger partial charge in [0.05, 0.1) is 13.1 Å². The number of nitrogens with zero attached hydrogens (tertiary/aromatic N) is 1. The number of carbonyl (C=O) groups excluding carboxylic acids is 1. The van der Waals surface area contributed by atoms with Gasteiger partial charge in [-0.2, -0.15) is 0 Å². The maximum Gasteiger partial charge on any atom is 0.195 e. The van der Waals surface area contributed by atoms with Crippen LogP contribution in [0.15, 0.2) is 30.5 Å². The molecule has 0 bridgehead atoms.